The lowest BCUT2D eigenvalue weighted by atomic mass is 10.1. The van der Waals surface area contributed by atoms with Crippen LogP contribution in [0, 0.1) is 17.0 Å². The van der Waals surface area contributed by atoms with E-state index < -0.39 is 4.92 Å². The van der Waals surface area contributed by atoms with Crippen molar-refractivity contribution in [3.63, 3.8) is 0 Å². The molecule has 1 unspecified atom stereocenters. The molecular weight excluding hydrogens is 282 g/mol. The van der Waals surface area contributed by atoms with Crippen LogP contribution in [0.1, 0.15) is 22.8 Å². The smallest absolute Gasteiger partial charge is 0.270 e. The van der Waals surface area contributed by atoms with E-state index in [0.717, 1.165) is 12.1 Å². The van der Waals surface area contributed by atoms with Crippen molar-refractivity contribution in [2.45, 2.75) is 19.9 Å². The number of hydrogen-bond acceptors (Lipinski definition) is 4. The first-order valence-electron chi connectivity index (χ1n) is 6.26. The molecule has 0 aromatic heterocycles. The summed E-state index contributed by atoms with van der Waals surface area (Å²) in [6.07, 6.45) is 0. The van der Waals surface area contributed by atoms with Crippen molar-refractivity contribution in [1.29, 1.82) is 0 Å². The summed E-state index contributed by atoms with van der Waals surface area (Å²) in [5.41, 5.74) is 1.08. The molecule has 1 aliphatic heterocycles. The Labute approximate surface area is 123 Å². The second-order valence-corrected chi connectivity index (χ2v) is 4.92. The third-order valence-corrected chi connectivity index (χ3v) is 3.18. The summed E-state index contributed by atoms with van der Waals surface area (Å²) in [6.45, 7) is 5.77. The molecule has 0 spiro atoms. The first kappa shape index (κ1) is 16.4. The fourth-order valence-corrected chi connectivity index (χ4v) is 2.29. The molecule has 0 aliphatic carbocycles. The van der Waals surface area contributed by atoms with Gasteiger partial charge in [0.05, 0.1) is 4.92 Å². The summed E-state index contributed by atoms with van der Waals surface area (Å²) in [7, 11) is 0. The standard InChI is InChI=1S/C13H17N3O3.ClH/c1-9-5-11(7-12(6-9)16(18)19)13(17)15-4-3-14-10(2)8-15;/h5-7,10,14H,3-4,8H2,1-2H3;1H. The van der Waals surface area contributed by atoms with Crippen LogP contribution in [-0.4, -0.2) is 41.4 Å². The summed E-state index contributed by atoms with van der Waals surface area (Å²) < 4.78 is 0. The molecule has 1 atom stereocenters. The van der Waals surface area contributed by atoms with Gasteiger partial charge in [-0.15, -0.1) is 12.4 Å². The number of amides is 1. The van der Waals surface area contributed by atoms with Crippen molar-refractivity contribution in [1.82, 2.24) is 10.2 Å². The quantitative estimate of drug-likeness (QED) is 0.667. The SMILES string of the molecule is Cc1cc(C(=O)N2CCNC(C)C2)cc([N+](=O)[O-])c1.Cl. The normalized spacial score (nSPS) is 18.3. The third-order valence-electron chi connectivity index (χ3n) is 3.18. The van der Waals surface area contributed by atoms with Gasteiger partial charge in [0.25, 0.3) is 11.6 Å². The van der Waals surface area contributed by atoms with Gasteiger partial charge in [0.2, 0.25) is 0 Å². The maximum absolute atomic E-state index is 12.3. The Balaban J connectivity index is 0.00000200. The summed E-state index contributed by atoms with van der Waals surface area (Å²) in [5, 5.41) is 14.1. The number of nitro benzene ring substituents is 1. The van der Waals surface area contributed by atoms with E-state index in [9.17, 15) is 14.9 Å². The van der Waals surface area contributed by atoms with E-state index >= 15 is 0 Å². The van der Waals surface area contributed by atoms with Gasteiger partial charge in [-0.3, -0.25) is 14.9 Å². The summed E-state index contributed by atoms with van der Waals surface area (Å²) in [4.78, 5) is 24.4. The number of piperazine rings is 1. The molecule has 1 saturated heterocycles. The van der Waals surface area contributed by atoms with E-state index in [-0.39, 0.29) is 30.0 Å². The summed E-state index contributed by atoms with van der Waals surface area (Å²) >= 11 is 0. The van der Waals surface area contributed by atoms with Crippen LogP contribution in [0.3, 0.4) is 0 Å². The Hall–Kier alpha value is -1.66. The van der Waals surface area contributed by atoms with E-state index in [0.29, 0.717) is 18.7 Å². The maximum Gasteiger partial charge on any atom is 0.270 e. The zero-order valence-corrected chi connectivity index (χ0v) is 12.3. The highest BCUT2D eigenvalue weighted by Gasteiger charge is 2.23. The average molecular weight is 300 g/mol. The van der Waals surface area contributed by atoms with E-state index in [4.69, 9.17) is 0 Å². The maximum atomic E-state index is 12.3. The lowest BCUT2D eigenvalue weighted by Crippen LogP contribution is -2.51. The number of non-ortho nitro benzene ring substituents is 1. The fraction of sp³-hybridized carbons (Fsp3) is 0.462. The largest absolute Gasteiger partial charge is 0.336 e. The molecule has 20 heavy (non-hydrogen) atoms. The van der Waals surface area contributed by atoms with Crippen molar-refractivity contribution in [2.75, 3.05) is 19.6 Å². The molecule has 7 heteroatoms. The summed E-state index contributed by atoms with van der Waals surface area (Å²) in [6, 6.07) is 4.76. The molecule has 1 amide bonds. The van der Waals surface area contributed by atoms with Crippen LogP contribution in [0.15, 0.2) is 18.2 Å². The molecule has 1 heterocycles. The van der Waals surface area contributed by atoms with E-state index in [1.807, 2.05) is 6.92 Å². The lowest BCUT2D eigenvalue weighted by Gasteiger charge is -2.32. The molecule has 2 rings (SSSR count). The zero-order chi connectivity index (χ0) is 14.0. The monoisotopic (exact) mass is 299 g/mol. The van der Waals surface area contributed by atoms with Crippen molar-refractivity contribution in [2.24, 2.45) is 0 Å². The molecular formula is C13H18ClN3O3. The van der Waals surface area contributed by atoms with Crippen molar-refractivity contribution >= 4 is 24.0 Å². The van der Waals surface area contributed by atoms with Gasteiger partial charge >= 0.3 is 0 Å². The van der Waals surface area contributed by atoms with Crippen LogP contribution in [0.2, 0.25) is 0 Å². The number of rotatable bonds is 2. The molecule has 0 bridgehead atoms. The van der Waals surface area contributed by atoms with Gasteiger partial charge in [-0.2, -0.15) is 0 Å². The number of benzene rings is 1. The molecule has 0 radical (unpaired) electrons. The van der Waals surface area contributed by atoms with Gasteiger partial charge < -0.3 is 10.2 Å². The van der Waals surface area contributed by atoms with Gasteiger partial charge in [0.1, 0.15) is 0 Å². The first-order valence-corrected chi connectivity index (χ1v) is 6.26. The van der Waals surface area contributed by atoms with E-state index in [1.54, 1.807) is 17.9 Å². The topological polar surface area (TPSA) is 75.5 Å². The number of nitrogens with zero attached hydrogens (tertiary/aromatic N) is 2. The Morgan fingerprint density at radius 2 is 2.15 bits per heavy atom. The second kappa shape index (κ2) is 6.67. The number of carbonyl (C=O) groups excluding carboxylic acids is 1. The van der Waals surface area contributed by atoms with E-state index in [1.165, 1.54) is 12.1 Å². The molecule has 1 fully saturated rings. The Kier molecular flexibility index (Phi) is 5.47. The number of nitro groups is 1. The highest BCUT2D eigenvalue weighted by molar-refractivity contribution is 5.95. The zero-order valence-electron chi connectivity index (χ0n) is 11.5. The van der Waals surface area contributed by atoms with Crippen molar-refractivity contribution in [3.8, 4) is 0 Å². The summed E-state index contributed by atoms with van der Waals surface area (Å²) in [5.74, 6) is -0.139. The minimum absolute atomic E-state index is 0. The average Bonchev–Trinajstić information content (AvgIpc) is 2.37. The Bertz CT molecular complexity index is 522. The molecule has 0 saturated carbocycles. The van der Waals surface area contributed by atoms with Gasteiger partial charge in [0, 0.05) is 43.4 Å². The van der Waals surface area contributed by atoms with Crippen LogP contribution in [0.5, 0.6) is 0 Å². The number of hydrogen-bond donors (Lipinski definition) is 1. The number of carbonyl (C=O) groups is 1. The van der Waals surface area contributed by atoms with Gasteiger partial charge in [-0.25, -0.2) is 0 Å². The van der Waals surface area contributed by atoms with Crippen molar-refractivity contribution in [3.05, 3.63) is 39.4 Å². The van der Waals surface area contributed by atoms with Gasteiger partial charge in [-0.05, 0) is 25.5 Å². The fourth-order valence-electron chi connectivity index (χ4n) is 2.29. The van der Waals surface area contributed by atoms with Crippen LogP contribution < -0.4 is 5.32 Å². The number of nitrogens with one attached hydrogen (secondary N) is 1. The van der Waals surface area contributed by atoms with Gasteiger partial charge in [-0.1, -0.05) is 0 Å². The minimum atomic E-state index is -0.468. The highest BCUT2D eigenvalue weighted by Crippen LogP contribution is 2.18. The molecule has 1 aromatic carbocycles. The highest BCUT2D eigenvalue weighted by atomic mass is 35.5. The van der Waals surface area contributed by atoms with E-state index in [2.05, 4.69) is 5.32 Å². The molecule has 1 N–H and O–H groups in total. The van der Waals surface area contributed by atoms with Crippen LogP contribution in [-0.2, 0) is 0 Å². The lowest BCUT2D eigenvalue weighted by molar-refractivity contribution is -0.384. The Morgan fingerprint density at radius 1 is 1.45 bits per heavy atom. The third kappa shape index (κ3) is 3.68. The molecule has 110 valence electrons. The van der Waals surface area contributed by atoms with Crippen LogP contribution in [0.4, 0.5) is 5.69 Å². The van der Waals surface area contributed by atoms with Crippen LogP contribution in [0.25, 0.3) is 0 Å². The molecule has 1 aliphatic rings. The molecule has 6 nitrogen and oxygen atoms in total. The van der Waals surface area contributed by atoms with Crippen LogP contribution >= 0.6 is 12.4 Å². The molecule has 1 aromatic rings. The number of aryl methyl sites for hydroxylation is 1. The predicted molar refractivity (Wildman–Crippen MR) is 78.4 cm³/mol. The van der Waals surface area contributed by atoms with Crippen molar-refractivity contribution < 1.29 is 9.72 Å². The first-order chi connectivity index (χ1) is 8.97. The Morgan fingerprint density at radius 3 is 2.75 bits per heavy atom. The predicted octanol–water partition coefficient (Wildman–Crippen LogP) is 1.76. The minimum Gasteiger partial charge on any atom is -0.336 e. The second-order valence-electron chi connectivity index (χ2n) is 4.92. The number of halogens is 1. The van der Waals surface area contributed by atoms with Gasteiger partial charge in [0.15, 0.2) is 0 Å².